The van der Waals surface area contributed by atoms with Crippen LogP contribution in [0.15, 0.2) is 4.99 Å². The molecule has 0 radical (unpaired) electrons. The van der Waals surface area contributed by atoms with Crippen LogP contribution in [0, 0.1) is 11.8 Å². The quantitative estimate of drug-likeness (QED) is 0.719. The molecule has 18 heavy (non-hydrogen) atoms. The van der Waals surface area contributed by atoms with Crippen molar-refractivity contribution in [2.24, 2.45) is 16.8 Å². The molecule has 2 heteroatoms. The Balaban J connectivity index is 1.95. The first-order valence-electron chi connectivity index (χ1n) is 7.73. The summed E-state index contributed by atoms with van der Waals surface area (Å²) >= 11 is 0. The minimum atomic E-state index is 0.0633. The van der Waals surface area contributed by atoms with Gasteiger partial charge >= 0.3 is 0 Å². The number of nitrogens with zero attached hydrogens (tertiary/aromatic N) is 1. The van der Waals surface area contributed by atoms with Crippen molar-refractivity contribution >= 4 is 5.90 Å². The summed E-state index contributed by atoms with van der Waals surface area (Å²) in [6.07, 6.45) is 9.73. The summed E-state index contributed by atoms with van der Waals surface area (Å²) in [6.45, 7) is 8.91. The highest BCUT2D eigenvalue weighted by Gasteiger charge is 2.31. The van der Waals surface area contributed by atoms with E-state index in [1.54, 1.807) is 0 Å². The number of hydrogen-bond donors (Lipinski definition) is 0. The maximum absolute atomic E-state index is 5.98. The van der Waals surface area contributed by atoms with Crippen LogP contribution in [0.2, 0.25) is 0 Å². The van der Waals surface area contributed by atoms with Crippen LogP contribution in [0.5, 0.6) is 0 Å². The number of rotatable bonds is 3. The van der Waals surface area contributed by atoms with E-state index in [-0.39, 0.29) is 5.54 Å². The van der Waals surface area contributed by atoms with Gasteiger partial charge in [0.2, 0.25) is 0 Å². The lowest BCUT2D eigenvalue weighted by atomic mass is 9.83. The molecule has 2 unspecified atom stereocenters. The van der Waals surface area contributed by atoms with Crippen molar-refractivity contribution in [3.8, 4) is 0 Å². The summed E-state index contributed by atoms with van der Waals surface area (Å²) < 4.78 is 5.98. The van der Waals surface area contributed by atoms with E-state index < -0.39 is 0 Å². The van der Waals surface area contributed by atoms with Gasteiger partial charge in [0.15, 0.2) is 5.90 Å². The first-order chi connectivity index (χ1) is 8.46. The standard InChI is InChI=1S/C16H29NO/c1-12(10-14-8-6-5-7-9-14)15-17-16(3,4)11-13(2)18-15/h12-14H,5-11H2,1-4H3. The molecule has 0 spiro atoms. The van der Waals surface area contributed by atoms with Crippen LogP contribution in [-0.4, -0.2) is 17.5 Å². The van der Waals surface area contributed by atoms with Crippen LogP contribution in [0.25, 0.3) is 0 Å². The maximum atomic E-state index is 5.98. The zero-order chi connectivity index (χ0) is 13.2. The predicted octanol–water partition coefficient (Wildman–Crippen LogP) is 4.58. The zero-order valence-corrected chi connectivity index (χ0v) is 12.5. The third-order valence-electron chi connectivity index (χ3n) is 4.35. The van der Waals surface area contributed by atoms with Crippen LogP contribution < -0.4 is 0 Å². The van der Waals surface area contributed by atoms with Crippen molar-refractivity contribution in [1.82, 2.24) is 0 Å². The van der Waals surface area contributed by atoms with Gasteiger partial charge in [0.1, 0.15) is 0 Å². The van der Waals surface area contributed by atoms with Gasteiger partial charge in [-0.1, -0.05) is 39.0 Å². The summed E-state index contributed by atoms with van der Waals surface area (Å²) in [5.74, 6) is 2.42. The van der Waals surface area contributed by atoms with Gasteiger partial charge in [-0.3, -0.25) is 0 Å². The molecule has 1 fully saturated rings. The van der Waals surface area contributed by atoms with Crippen molar-refractivity contribution in [2.45, 2.75) is 84.3 Å². The van der Waals surface area contributed by atoms with Crippen LogP contribution in [-0.2, 0) is 4.74 Å². The molecule has 0 saturated heterocycles. The third-order valence-corrected chi connectivity index (χ3v) is 4.35. The summed E-state index contributed by atoms with van der Waals surface area (Å²) in [5.41, 5.74) is 0.0633. The first kappa shape index (κ1) is 13.9. The Hall–Kier alpha value is -0.530. The summed E-state index contributed by atoms with van der Waals surface area (Å²) in [7, 11) is 0. The lowest BCUT2D eigenvalue weighted by Gasteiger charge is -2.34. The van der Waals surface area contributed by atoms with Crippen molar-refractivity contribution in [1.29, 1.82) is 0 Å². The fourth-order valence-electron chi connectivity index (χ4n) is 3.57. The lowest BCUT2D eigenvalue weighted by Crippen LogP contribution is -2.36. The first-order valence-corrected chi connectivity index (χ1v) is 7.73. The van der Waals surface area contributed by atoms with Gasteiger partial charge in [-0.25, -0.2) is 4.99 Å². The van der Waals surface area contributed by atoms with Crippen molar-refractivity contribution in [3.05, 3.63) is 0 Å². The Morgan fingerprint density at radius 3 is 2.56 bits per heavy atom. The summed E-state index contributed by atoms with van der Waals surface area (Å²) in [5, 5.41) is 0. The van der Waals surface area contributed by atoms with Gasteiger partial charge in [-0.05, 0) is 33.1 Å². The molecule has 0 aromatic heterocycles. The topological polar surface area (TPSA) is 21.6 Å². The molecule has 1 saturated carbocycles. The molecule has 0 bridgehead atoms. The second-order valence-electron chi connectivity index (χ2n) is 7.04. The normalized spacial score (nSPS) is 30.4. The molecule has 0 N–H and O–H groups in total. The Labute approximate surface area is 112 Å². The van der Waals surface area contributed by atoms with Gasteiger partial charge in [-0.2, -0.15) is 0 Å². The van der Waals surface area contributed by atoms with Gasteiger partial charge in [0.05, 0.1) is 11.6 Å². The average molecular weight is 251 g/mol. The minimum absolute atomic E-state index is 0.0633. The molecule has 104 valence electrons. The molecule has 0 aromatic rings. The van der Waals surface area contributed by atoms with E-state index in [1.807, 2.05) is 0 Å². The Bertz CT molecular complexity index is 302. The van der Waals surface area contributed by atoms with Crippen LogP contribution in [0.1, 0.15) is 72.6 Å². The fraction of sp³-hybridized carbons (Fsp3) is 0.938. The second-order valence-corrected chi connectivity index (χ2v) is 7.04. The van der Waals surface area contributed by atoms with Crippen molar-refractivity contribution in [3.63, 3.8) is 0 Å². The van der Waals surface area contributed by atoms with Crippen molar-refractivity contribution < 1.29 is 4.74 Å². The van der Waals surface area contributed by atoms with Crippen molar-refractivity contribution in [2.75, 3.05) is 0 Å². The molecule has 2 aliphatic rings. The predicted molar refractivity (Wildman–Crippen MR) is 77.0 cm³/mol. The second kappa shape index (κ2) is 5.63. The number of hydrogen-bond acceptors (Lipinski definition) is 2. The molecular weight excluding hydrogens is 222 g/mol. The number of aliphatic imine (C=N–C) groups is 1. The molecule has 1 heterocycles. The SMILES string of the molecule is CC1CC(C)(C)N=C(C(C)CC2CCCCC2)O1. The molecule has 1 aliphatic heterocycles. The molecule has 0 aromatic carbocycles. The molecule has 2 rings (SSSR count). The van der Waals surface area contributed by atoms with Crippen LogP contribution >= 0.6 is 0 Å². The fourth-order valence-corrected chi connectivity index (χ4v) is 3.57. The summed E-state index contributed by atoms with van der Waals surface area (Å²) in [4.78, 5) is 4.82. The smallest absolute Gasteiger partial charge is 0.186 e. The highest BCUT2D eigenvalue weighted by molar-refractivity contribution is 5.79. The van der Waals surface area contributed by atoms with E-state index in [9.17, 15) is 0 Å². The summed E-state index contributed by atoms with van der Waals surface area (Å²) in [6, 6.07) is 0. The zero-order valence-electron chi connectivity index (χ0n) is 12.5. The van der Waals surface area contributed by atoms with Crippen LogP contribution in [0.3, 0.4) is 0 Å². The highest BCUT2D eigenvalue weighted by atomic mass is 16.5. The molecule has 0 amide bonds. The van der Waals surface area contributed by atoms with E-state index in [0.29, 0.717) is 12.0 Å². The van der Waals surface area contributed by atoms with Crippen LogP contribution in [0.4, 0.5) is 0 Å². The number of ether oxygens (including phenoxy) is 1. The molecule has 2 atom stereocenters. The lowest BCUT2D eigenvalue weighted by molar-refractivity contribution is 0.128. The van der Waals surface area contributed by atoms with E-state index in [1.165, 1.54) is 38.5 Å². The molecular formula is C16H29NO. The molecule has 2 nitrogen and oxygen atoms in total. The Morgan fingerprint density at radius 1 is 1.28 bits per heavy atom. The molecule has 1 aliphatic carbocycles. The van der Waals surface area contributed by atoms with Gasteiger partial charge in [-0.15, -0.1) is 0 Å². The highest BCUT2D eigenvalue weighted by Crippen LogP contribution is 2.32. The minimum Gasteiger partial charge on any atom is -0.478 e. The van der Waals surface area contributed by atoms with Gasteiger partial charge < -0.3 is 4.74 Å². The van der Waals surface area contributed by atoms with E-state index in [0.717, 1.165) is 18.2 Å². The Morgan fingerprint density at radius 2 is 1.94 bits per heavy atom. The Kier molecular flexibility index (Phi) is 4.34. The third kappa shape index (κ3) is 3.73. The largest absolute Gasteiger partial charge is 0.478 e. The van der Waals surface area contributed by atoms with E-state index >= 15 is 0 Å². The van der Waals surface area contributed by atoms with Gasteiger partial charge in [0, 0.05) is 12.3 Å². The van der Waals surface area contributed by atoms with Gasteiger partial charge in [0.25, 0.3) is 0 Å². The van der Waals surface area contributed by atoms with E-state index in [2.05, 4.69) is 27.7 Å². The van der Waals surface area contributed by atoms with E-state index in [4.69, 9.17) is 9.73 Å². The maximum Gasteiger partial charge on any atom is 0.186 e. The average Bonchev–Trinajstić information content (AvgIpc) is 2.27. The monoisotopic (exact) mass is 251 g/mol.